The quantitative estimate of drug-likeness (QED) is 0.255. The van der Waals surface area contributed by atoms with Gasteiger partial charge in [-0.1, -0.05) is 17.4 Å². The second-order valence-corrected chi connectivity index (χ2v) is 8.52. The van der Waals surface area contributed by atoms with Crippen LogP contribution in [0.15, 0.2) is 48.3 Å². The average Bonchev–Trinajstić information content (AvgIpc) is 3.35. The first-order chi connectivity index (χ1) is 16.3. The molecule has 1 amide bonds. The van der Waals surface area contributed by atoms with Crippen LogP contribution in [0.4, 0.5) is 5.13 Å². The van der Waals surface area contributed by atoms with Crippen molar-refractivity contribution in [3.63, 3.8) is 0 Å². The van der Waals surface area contributed by atoms with E-state index in [-0.39, 0.29) is 21.3 Å². The molecule has 0 aliphatic carbocycles. The fourth-order valence-electron chi connectivity index (χ4n) is 3.83. The van der Waals surface area contributed by atoms with Crippen LogP contribution in [0.25, 0.3) is 5.76 Å². The summed E-state index contributed by atoms with van der Waals surface area (Å²) < 4.78 is 10.1. The first-order valence-corrected chi connectivity index (χ1v) is 11.0. The maximum absolute atomic E-state index is 13.2. The third-order valence-electron chi connectivity index (χ3n) is 5.48. The van der Waals surface area contributed by atoms with E-state index >= 15 is 0 Å². The van der Waals surface area contributed by atoms with Crippen LogP contribution in [-0.2, 0) is 14.3 Å². The zero-order valence-electron chi connectivity index (χ0n) is 18.9. The average molecular weight is 480 g/mol. The molecule has 4 rings (SSSR count). The minimum absolute atomic E-state index is 0.102. The molecule has 3 aromatic rings. The van der Waals surface area contributed by atoms with Gasteiger partial charge >= 0.3 is 11.9 Å². The van der Waals surface area contributed by atoms with Crippen molar-refractivity contribution in [3.8, 4) is 5.75 Å². The number of pyridine rings is 1. The first kappa shape index (κ1) is 23.1. The van der Waals surface area contributed by atoms with Crippen LogP contribution in [-0.4, -0.2) is 47.0 Å². The number of hydrogen-bond donors (Lipinski definition) is 1. The molecule has 1 fully saturated rings. The molecule has 10 heteroatoms. The number of aromatic nitrogens is 2. The molecule has 174 valence electrons. The summed E-state index contributed by atoms with van der Waals surface area (Å²) in [6.07, 6.45) is 3.07. The number of ether oxygens (including phenoxy) is 2. The van der Waals surface area contributed by atoms with Gasteiger partial charge in [0.2, 0.25) is 0 Å². The number of aryl methyl sites for hydroxylation is 2. The second-order valence-electron chi connectivity index (χ2n) is 7.54. The van der Waals surface area contributed by atoms with Crippen LogP contribution in [0, 0.1) is 13.8 Å². The van der Waals surface area contributed by atoms with Gasteiger partial charge in [0.05, 0.1) is 31.5 Å². The number of anilines is 1. The molecular weight excluding hydrogens is 458 g/mol. The monoisotopic (exact) mass is 479 g/mol. The van der Waals surface area contributed by atoms with Crippen molar-refractivity contribution in [3.05, 3.63) is 75.6 Å². The zero-order valence-corrected chi connectivity index (χ0v) is 19.7. The molecule has 0 radical (unpaired) electrons. The molecule has 3 heterocycles. The molecule has 1 aliphatic rings. The number of esters is 1. The molecule has 2 aromatic heterocycles. The van der Waals surface area contributed by atoms with Crippen molar-refractivity contribution in [1.29, 1.82) is 0 Å². The van der Waals surface area contributed by atoms with Crippen molar-refractivity contribution in [1.82, 2.24) is 9.97 Å². The van der Waals surface area contributed by atoms with E-state index in [0.29, 0.717) is 22.6 Å². The van der Waals surface area contributed by atoms with Crippen LogP contribution in [0.2, 0.25) is 0 Å². The predicted octanol–water partition coefficient (Wildman–Crippen LogP) is 3.58. The van der Waals surface area contributed by atoms with Gasteiger partial charge in [0, 0.05) is 18.0 Å². The van der Waals surface area contributed by atoms with Gasteiger partial charge in [-0.15, -0.1) is 0 Å². The Balaban J connectivity index is 1.92. The van der Waals surface area contributed by atoms with Gasteiger partial charge in [0.15, 0.2) is 5.13 Å². The van der Waals surface area contributed by atoms with Gasteiger partial charge < -0.3 is 14.6 Å². The van der Waals surface area contributed by atoms with Crippen LogP contribution in [0.5, 0.6) is 5.75 Å². The zero-order chi connectivity index (χ0) is 24.6. The van der Waals surface area contributed by atoms with Gasteiger partial charge in [0.1, 0.15) is 16.4 Å². The third-order valence-corrected chi connectivity index (χ3v) is 6.61. The lowest BCUT2D eigenvalue weighted by Gasteiger charge is -2.22. The Labute approximate surface area is 199 Å². The number of Topliss-reactive ketones (excluding diaryl/α,β-unsaturated/α-hetero) is 1. The summed E-state index contributed by atoms with van der Waals surface area (Å²) in [6.45, 7) is 3.42. The number of carbonyl (C=O) groups excluding carboxylic acids is 3. The number of carbonyl (C=O) groups is 3. The van der Waals surface area contributed by atoms with E-state index in [1.54, 1.807) is 50.4 Å². The largest absolute Gasteiger partial charge is 0.507 e. The summed E-state index contributed by atoms with van der Waals surface area (Å²) in [6, 6.07) is 7.33. The Bertz CT molecular complexity index is 1330. The van der Waals surface area contributed by atoms with E-state index in [1.807, 2.05) is 0 Å². The van der Waals surface area contributed by atoms with Crippen molar-refractivity contribution in [2.24, 2.45) is 0 Å². The van der Waals surface area contributed by atoms with E-state index in [1.165, 1.54) is 25.3 Å². The lowest BCUT2D eigenvalue weighted by Crippen LogP contribution is -2.29. The Kier molecular flexibility index (Phi) is 6.16. The number of rotatable bonds is 5. The topological polar surface area (TPSA) is 119 Å². The number of methoxy groups -OCH3 is 2. The number of nitrogens with zero attached hydrogens (tertiary/aromatic N) is 3. The fourth-order valence-corrected chi connectivity index (χ4v) is 4.84. The van der Waals surface area contributed by atoms with E-state index in [0.717, 1.165) is 16.9 Å². The minimum Gasteiger partial charge on any atom is -0.507 e. The molecule has 34 heavy (non-hydrogen) atoms. The van der Waals surface area contributed by atoms with Crippen molar-refractivity contribution >= 4 is 39.9 Å². The number of amides is 1. The van der Waals surface area contributed by atoms with Crippen molar-refractivity contribution in [2.45, 2.75) is 19.9 Å². The summed E-state index contributed by atoms with van der Waals surface area (Å²) in [5.41, 5.74) is 1.87. The fraction of sp³-hybridized carbons (Fsp3) is 0.208. The molecule has 9 nitrogen and oxygen atoms in total. The number of benzene rings is 1. The van der Waals surface area contributed by atoms with E-state index in [9.17, 15) is 19.5 Å². The van der Waals surface area contributed by atoms with Crippen LogP contribution in [0.3, 0.4) is 0 Å². The Hall–Kier alpha value is -4.05. The minimum atomic E-state index is -0.993. The predicted molar refractivity (Wildman–Crippen MR) is 125 cm³/mol. The Morgan fingerprint density at radius 3 is 2.56 bits per heavy atom. The number of thiazole rings is 1. The lowest BCUT2D eigenvalue weighted by molar-refractivity contribution is -0.132. The van der Waals surface area contributed by atoms with Gasteiger partial charge in [-0.2, -0.15) is 0 Å². The van der Waals surface area contributed by atoms with Crippen molar-refractivity contribution in [2.75, 3.05) is 19.1 Å². The second kappa shape index (κ2) is 9.06. The SMILES string of the molecule is COC(=O)c1sc(N2C(=O)C(=O)/C(=C(/O)c3ccc(OC)c(C)c3)[C@@H]2c2cccnc2)nc1C. The smallest absolute Gasteiger partial charge is 0.350 e. The van der Waals surface area contributed by atoms with Gasteiger partial charge in [-0.3, -0.25) is 19.5 Å². The highest BCUT2D eigenvalue weighted by atomic mass is 32.1. The highest BCUT2D eigenvalue weighted by Crippen LogP contribution is 2.44. The van der Waals surface area contributed by atoms with E-state index in [2.05, 4.69) is 9.97 Å². The molecule has 1 atom stereocenters. The maximum Gasteiger partial charge on any atom is 0.350 e. The highest BCUT2D eigenvalue weighted by molar-refractivity contribution is 7.17. The Morgan fingerprint density at radius 2 is 1.94 bits per heavy atom. The van der Waals surface area contributed by atoms with Gasteiger partial charge in [-0.25, -0.2) is 9.78 Å². The molecular formula is C24H21N3O6S. The summed E-state index contributed by atoms with van der Waals surface area (Å²) in [4.78, 5) is 48.4. The summed E-state index contributed by atoms with van der Waals surface area (Å²) >= 11 is 0.937. The highest BCUT2D eigenvalue weighted by Gasteiger charge is 2.48. The van der Waals surface area contributed by atoms with Crippen LogP contribution < -0.4 is 9.64 Å². The number of hydrogen-bond acceptors (Lipinski definition) is 9. The normalized spacial score (nSPS) is 17.2. The molecule has 1 aromatic carbocycles. The maximum atomic E-state index is 13.2. The standard InChI is InChI=1S/C24H21N3O6S/c1-12-10-14(7-8-16(12)32-3)19(28)17-18(15-6-5-9-25-11-15)27(22(30)20(17)29)24-26-13(2)21(34-24)23(31)33-4/h5-11,18,28H,1-4H3/b19-17+/t18-/m0/s1. The van der Waals surface area contributed by atoms with E-state index < -0.39 is 23.7 Å². The van der Waals surface area contributed by atoms with Crippen molar-refractivity contribution < 1.29 is 29.0 Å². The number of aliphatic hydroxyl groups is 1. The molecule has 0 unspecified atom stereocenters. The first-order valence-electron chi connectivity index (χ1n) is 10.2. The summed E-state index contributed by atoms with van der Waals surface area (Å²) in [5.74, 6) is -2.04. The van der Waals surface area contributed by atoms with Crippen LogP contribution >= 0.6 is 11.3 Å². The molecule has 1 N–H and O–H groups in total. The van der Waals surface area contributed by atoms with Gasteiger partial charge in [-0.05, 0) is 49.2 Å². The molecule has 0 spiro atoms. The summed E-state index contributed by atoms with van der Waals surface area (Å²) in [7, 11) is 2.79. The molecule has 0 saturated carbocycles. The third kappa shape index (κ3) is 3.81. The molecule has 1 saturated heterocycles. The number of aliphatic hydroxyl groups excluding tert-OH is 1. The molecule has 0 bridgehead atoms. The van der Waals surface area contributed by atoms with Gasteiger partial charge in [0.25, 0.3) is 5.78 Å². The lowest BCUT2D eigenvalue weighted by atomic mass is 9.96. The van der Waals surface area contributed by atoms with E-state index in [4.69, 9.17) is 9.47 Å². The Morgan fingerprint density at radius 1 is 1.18 bits per heavy atom. The number of ketones is 1. The molecule has 1 aliphatic heterocycles. The summed E-state index contributed by atoms with van der Waals surface area (Å²) in [5, 5.41) is 11.3. The van der Waals surface area contributed by atoms with Crippen LogP contribution in [0.1, 0.15) is 38.1 Å².